The summed E-state index contributed by atoms with van der Waals surface area (Å²) in [7, 11) is 0. The van der Waals surface area contributed by atoms with Gasteiger partial charge in [-0.25, -0.2) is 0 Å². The first-order valence-corrected chi connectivity index (χ1v) is 9.14. The van der Waals surface area contributed by atoms with E-state index < -0.39 is 0 Å². The van der Waals surface area contributed by atoms with Gasteiger partial charge >= 0.3 is 0 Å². The summed E-state index contributed by atoms with van der Waals surface area (Å²) in [6.07, 6.45) is 7.58. The zero-order valence-electron chi connectivity index (χ0n) is 14.1. The molecule has 2 fully saturated rings. The third-order valence-electron chi connectivity index (χ3n) is 5.74. The van der Waals surface area contributed by atoms with Gasteiger partial charge in [-0.05, 0) is 42.7 Å². The van der Waals surface area contributed by atoms with Gasteiger partial charge in [-0.1, -0.05) is 30.4 Å². The minimum absolute atomic E-state index is 0.0985. The molecule has 3 aliphatic rings. The number of ether oxygens (including phenoxy) is 1. The summed E-state index contributed by atoms with van der Waals surface area (Å²) in [4.78, 5) is 16.8. The summed E-state index contributed by atoms with van der Waals surface area (Å²) < 4.78 is 5.58. The predicted octanol–water partition coefficient (Wildman–Crippen LogP) is 2.42. The average Bonchev–Trinajstić information content (AvgIpc) is 3.24. The number of carbonyl (C=O) groups is 1. The van der Waals surface area contributed by atoms with Gasteiger partial charge in [0.05, 0.1) is 0 Å². The molecule has 24 heavy (non-hydrogen) atoms. The second-order valence-electron chi connectivity index (χ2n) is 7.32. The van der Waals surface area contributed by atoms with E-state index in [1.165, 1.54) is 19.4 Å². The van der Waals surface area contributed by atoms with Gasteiger partial charge in [-0.2, -0.15) is 0 Å². The second kappa shape index (κ2) is 6.98. The average molecular weight is 326 g/mol. The smallest absolute Gasteiger partial charge is 0.260 e. The zero-order chi connectivity index (χ0) is 16.4. The highest BCUT2D eigenvalue weighted by molar-refractivity contribution is 5.77. The van der Waals surface area contributed by atoms with Crippen LogP contribution in [0.1, 0.15) is 12.8 Å². The number of hydrogen-bond donors (Lipinski definition) is 0. The molecule has 4 rings (SSSR count). The van der Waals surface area contributed by atoms with Crippen LogP contribution in [0.25, 0.3) is 0 Å². The lowest BCUT2D eigenvalue weighted by molar-refractivity contribution is -0.135. The summed E-state index contributed by atoms with van der Waals surface area (Å²) in [5, 5.41) is 0. The molecule has 1 aromatic carbocycles. The highest BCUT2D eigenvalue weighted by Crippen LogP contribution is 2.43. The van der Waals surface area contributed by atoms with E-state index in [1.54, 1.807) is 0 Å². The summed E-state index contributed by atoms with van der Waals surface area (Å²) in [5.74, 6) is 3.35. The first-order chi connectivity index (χ1) is 11.8. The molecular formula is C20H26N2O2. The normalized spacial score (nSPS) is 29.2. The molecule has 2 bridgehead atoms. The lowest BCUT2D eigenvalue weighted by Crippen LogP contribution is -2.51. The molecule has 4 heteroatoms. The summed E-state index contributed by atoms with van der Waals surface area (Å²) in [6, 6.07) is 9.55. The number of allylic oxidation sites excluding steroid dienone is 2. The Kier molecular flexibility index (Phi) is 4.56. The Morgan fingerprint density at radius 2 is 1.83 bits per heavy atom. The van der Waals surface area contributed by atoms with E-state index in [0.29, 0.717) is 0 Å². The molecule has 0 aromatic heterocycles. The quantitative estimate of drug-likeness (QED) is 0.779. The fourth-order valence-corrected chi connectivity index (χ4v) is 4.37. The zero-order valence-corrected chi connectivity index (χ0v) is 14.1. The standard InChI is InChI=1S/C20H26N2O2/c23-20(15-24-19-4-2-1-3-5-19)22-10-8-21(9-11-22)14-18-13-16-6-7-17(18)12-16/h1-7,16-18H,8-15H2/t16-,17+,18+/m0/s1. The number of amides is 1. The van der Waals surface area contributed by atoms with Gasteiger partial charge < -0.3 is 9.64 Å². The summed E-state index contributed by atoms with van der Waals surface area (Å²) >= 11 is 0. The molecule has 0 N–H and O–H groups in total. The van der Waals surface area contributed by atoms with Gasteiger partial charge in [0.2, 0.25) is 0 Å². The SMILES string of the molecule is O=C(COc1ccccc1)N1CCN(C[C@H]2C[C@H]3C=C[C@@H]2C3)CC1. The van der Waals surface area contributed by atoms with Crippen LogP contribution in [0, 0.1) is 17.8 Å². The van der Waals surface area contributed by atoms with E-state index in [4.69, 9.17) is 4.74 Å². The largest absolute Gasteiger partial charge is 0.484 e. The van der Waals surface area contributed by atoms with Crippen LogP contribution in [-0.4, -0.2) is 55.0 Å². The highest BCUT2D eigenvalue weighted by atomic mass is 16.5. The number of hydrogen-bond acceptors (Lipinski definition) is 3. The molecule has 128 valence electrons. The van der Waals surface area contributed by atoms with Crippen molar-refractivity contribution in [2.45, 2.75) is 12.8 Å². The Morgan fingerprint density at radius 1 is 1.04 bits per heavy atom. The molecule has 1 aliphatic heterocycles. The molecule has 0 unspecified atom stereocenters. The van der Waals surface area contributed by atoms with Crippen molar-refractivity contribution >= 4 is 5.91 Å². The molecule has 4 nitrogen and oxygen atoms in total. The lowest BCUT2D eigenvalue weighted by atomic mass is 9.93. The van der Waals surface area contributed by atoms with E-state index in [0.717, 1.165) is 49.7 Å². The van der Waals surface area contributed by atoms with Crippen LogP contribution in [0.15, 0.2) is 42.5 Å². The molecular weight excluding hydrogens is 300 g/mol. The maximum Gasteiger partial charge on any atom is 0.260 e. The van der Waals surface area contributed by atoms with E-state index in [2.05, 4.69) is 17.1 Å². The molecule has 1 amide bonds. The Balaban J connectivity index is 1.20. The number of nitrogens with zero attached hydrogens (tertiary/aromatic N) is 2. The number of benzene rings is 1. The molecule has 0 spiro atoms. The number of piperazine rings is 1. The number of fused-ring (bicyclic) bond motifs is 2. The van der Waals surface area contributed by atoms with Crippen molar-refractivity contribution in [1.82, 2.24) is 9.80 Å². The Hall–Kier alpha value is -1.81. The van der Waals surface area contributed by atoms with Crippen LogP contribution in [0.4, 0.5) is 0 Å². The highest BCUT2D eigenvalue weighted by Gasteiger charge is 2.36. The van der Waals surface area contributed by atoms with E-state index in [-0.39, 0.29) is 12.5 Å². The van der Waals surface area contributed by atoms with Crippen molar-refractivity contribution in [2.24, 2.45) is 17.8 Å². The molecule has 0 radical (unpaired) electrons. The summed E-state index contributed by atoms with van der Waals surface area (Å²) in [5.41, 5.74) is 0. The van der Waals surface area contributed by atoms with Crippen molar-refractivity contribution < 1.29 is 9.53 Å². The van der Waals surface area contributed by atoms with Crippen LogP contribution in [-0.2, 0) is 4.79 Å². The van der Waals surface area contributed by atoms with Crippen molar-refractivity contribution in [3.8, 4) is 5.75 Å². The van der Waals surface area contributed by atoms with Gasteiger partial charge in [0.25, 0.3) is 5.91 Å². The number of carbonyl (C=O) groups excluding carboxylic acids is 1. The number of para-hydroxylation sites is 1. The van der Waals surface area contributed by atoms with Crippen LogP contribution in [0.3, 0.4) is 0 Å². The van der Waals surface area contributed by atoms with Gasteiger partial charge in [0, 0.05) is 32.7 Å². The second-order valence-corrected chi connectivity index (χ2v) is 7.32. The molecule has 1 saturated heterocycles. The molecule has 1 saturated carbocycles. The van der Waals surface area contributed by atoms with Crippen molar-refractivity contribution in [3.63, 3.8) is 0 Å². The van der Waals surface area contributed by atoms with Gasteiger partial charge in [0.1, 0.15) is 5.75 Å². The first kappa shape index (κ1) is 15.7. The van der Waals surface area contributed by atoms with Crippen LogP contribution >= 0.6 is 0 Å². The van der Waals surface area contributed by atoms with Gasteiger partial charge in [-0.3, -0.25) is 9.69 Å². The van der Waals surface area contributed by atoms with E-state index in [9.17, 15) is 4.79 Å². The maximum absolute atomic E-state index is 12.3. The fraction of sp³-hybridized carbons (Fsp3) is 0.550. The van der Waals surface area contributed by atoms with Crippen LogP contribution < -0.4 is 4.74 Å². The Bertz CT molecular complexity index is 593. The Morgan fingerprint density at radius 3 is 2.50 bits per heavy atom. The molecule has 1 heterocycles. The summed E-state index contributed by atoms with van der Waals surface area (Å²) in [6.45, 7) is 4.99. The molecule has 1 aromatic rings. The minimum atomic E-state index is 0.0985. The van der Waals surface area contributed by atoms with E-state index >= 15 is 0 Å². The lowest BCUT2D eigenvalue weighted by Gasteiger charge is -2.36. The number of rotatable bonds is 5. The van der Waals surface area contributed by atoms with E-state index in [1.807, 2.05) is 35.2 Å². The van der Waals surface area contributed by atoms with Crippen LogP contribution in [0.5, 0.6) is 5.75 Å². The fourth-order valence-electron chi connectivity index (χ4n) is 4.37. The van der Waals surface area contributed by atoms with Crippen molar-refractivity contribution in [1.29, 1.82) is 0 Å². The topological polar surface area (TPSA) is 32.8 Å². The third kappa shape index (κ3) is 3.48. The van der Waals surface area contributed by atoms with Crippen LogP contribution in [0.2, 0.25) is 0 Å². The minimum Gasteiger partial charge on any atom is -0.484 e. The molecule has 2 aliphatic carbocycles. The van der Waals surface area contributed by atoms with Gasteiger partial charge in [0.15, 0.2) is 6.61 Å². The third-order valence-corrected chi connectivity index (χ3v) is 5.74. The first-order valence-electron chi connectivity index (χ1n) is 9.14. The maximum atomic E-state index is 12.3. The molecule has 3 atom stereocenters. The van der Waals surface area contributed by atoms with Gasteiger partial charge in [-0.15, -0.1) is 0 Å². The monoisotopic (exact) mass is 326 g/mol. The van der Waals surface area contributed by atoms with Crippen molar-refractivity contribution in [2.75, 3.05) is 39.3 Å². The van der Waals surface area contributed by atoms with Crippen molar-refractivity contribution in [3.05, 3.63) is 42.5 Å². The Labute approximate surface area is 144 Å². The predicted molar refractivity (Wildman–Crippen MR) is 93.8 cm³/mol.